The van der Waals surface area contributed by atoms with E-state index in [4.69, 9.17) is 25.5 Å². The first kappa shape index (κ1) is 19.3. The quantitative estimate of drug-likeness (QED) is 0.572. The summed E-state index contributed by atoms with van der Waals surface area (Å²) in [5.74, 6) is 1.71. The zero-order valence-electron chi connectivity index (χ0n) is 16.3. The van der Waals surface area contributed by atoms with Gasteiger partial charge in [0.1, 0.15) is 16.6 Å². The number of nitrogens with zero attached hydrogens (tertiary/aromatic N) is 3. The number of aromatic nitrogens is 1. The molecule has 1 aromatic carbocycles. The molecular weight excluding hydrogens is 394 g/mol. The molecule has 1 aliphatic heterocycles. The molecule has 1 amide bonds. The fourth-order valence-corrected chi connectivity index (χ4v) is 3.74. The molecule has 0 unspecified atom stereocenters. The Kier molecular flexibility index (Phi) is 5.15. The highest BCUT2D eigenvalue weighted by Gasteiger charge is 2.35. The fraction of sp³-hybridized carbons (Fsp3) is 0.286. The van der Waals surface area contributed by atoms with Gasteiger partial charge >= 0.3 is 0 Å². The Hall–Kier alpha value is -3.06. The van der Waals surface area contributed by atoms with Crippen molar-refractivity contribution in [3.8, 4) is 11.5 Å². The van der Waals surface area contributed by atoms with Gasteiger partial charge in [0, 0.05) is 29.9 Å². The number of benzene rings is 1. The van der Waals surface area contributed by atoms with Crippen molar-refractivity contribution in [2.75, 3.05) is 14.2 Å². The molecule has 7 nitrogen and oxygen atoms in total. The van der Waals surface area contributed by atoms with Crippen molar-refractivity contribution in [2.45, 2.75) is 25.8 Å². The van der Waals surface area contributed by atoms with Crippen molar-refractivity contribution in [3.63, 3.8) is 0 Å². The third-order valence-electron chi connectivity index (χ3n) is 4.93. The molecule has 29 heavy (non-hydrogen) atoms. The smallest absolute Gasteiger partial charge is 0.242 e. The van der Waals surface area contributed by atoms with E-state index in [1.165, 1.54) is 5.01 Å². The summed E-state index contributed by atoms with van der Waals surface area (Å²) in [4.78, 5) is 17.1. The van der Waals surface area contributed by atoms with Crippen LogP contribution >= 0.6 is 11.6 Å². The lowest BCUT2D eigenvalue weighted by Crippen LogP contribution is -2.26. The first-order valence-corrected chi connectivity index (χ1v) is 9.59. The van der Waals surface area contributed by atoms with Gasteiger partial charge in [0.2, 0.25) is 5.91 Å². The Balaban J connectivity index is 1.79. The summed E-state index contributed by atoms with van der Waals surface area (Å²) in [5.41, 5.74) is 2.10. The highest BCUT2D eigenvalue weighted by Crippen LogP contribution is 2.39. The number of hydrogen-bond acceptors (Lipinski definition) is 6. The lowest BCUT2D eigenvalue weighted by Gasteiger charge is -2.22. The zero-order chi connectivity index (χ0) is 20.5. The van der Waals surface area contributed by atoms with E-state index < -0.39 is 0 Å². The first-order chi connectivity index (χ1) is 14.0. The molecular formula is C21H20ClN3O4. The molecule has 0 fully saturated rings. The molecule has 1 atom stereocenters. The molecule has 1 aliphatic rings. The van der Waals surface area contributed by atoms with Crippen LogP contribution in [0.3, 0.4) is 0 Å². The minimum absolute atomic E-state index is 0.0972. The van der Waals surface area contributed by atoms with Crippen LogP contribution in [-0.4, -0.2) is 35.8 Å². The molecule has 0 N–H and O–H groups in total. The molecule has 0 saturated carbocycles. The van der Waals surface area contributed by atoms with E-state index in [0.717, 1.165) is 10.9 Å². The van der Waals surface area contributed by atoms with Crippen LogP contribution in [0.5, 0.6) is 11.5 Å². The maximum absolute atomic E-state index is 12.6. The summed E-state index contributed by atoms with van der Waals surface area (Å²) in [6.45, 7) is 1.80. The van der Waals surface area contributed by atoms with E-state index in [1.54, 1.807) is 39.5 Å². The van der Waals surface area contributed by atoms with E-state index in [1.807, 2.05) is 18.2 Å². The summed E-state index contributed by atoms with van der Waals surface area (Å²) in [6.07, 6.45) is 2.40. The summed E-state index contributed by atoms with van der Waals surface area (Å²) < 4.78 is 16.2. The molecule has 2 aromatic heterocycles. The average molecular weight is 414 g/mol. The van der Waals surface area contributed by atoms with Gasteiger partial charge in [-0.15, -0.1) is 0 Å². The van der Waals surface area contributed by atoms with E-state index in [0.29, 0.717) is 46.5 Å². The number of hydrazone groups is 1. The van der Waals surface area contributed by atoms with Crippen molar-refractivity contribution in [1.29, 1.82) is 0 Å². The maximum Gasteiger partial charge on any atom is 0.242 e. The van der Waals surface area contributed by atoms with Gasteiger partial charge < -0.3 is 13.9 Å². The molecule has 0 bridgehead atoms. The Labute approximate surface area is 172 Å². The summed E-state index contributed by atoms with van der Waals surface area (Å²) >= 11 is 6.54. The van der Waals surface area contributed by atoms with E-state index in [-0.39, 0.29) is 11.9 Å². The number of hydrogen-bond donors (Lipinski definition) is 0. The second-order valence-corrected chi connectivity index (χ2v) is 6.96. The van der Waals surface area contributed by atoms with Crippen LogP contribution in [-0.2, 0) is 4.79 Å². The molecule has 0 aliphatic carbocycles. The van der Waals surface area contributed by atoms with Gasteiger partial charge in [0.15, 0.2) is 11.5 Å². The number of rotatable bonds is 5. The normalized spacial score (nSPS) is 16.2. The third-order valence-corrected chi connectivity index (χ3v) is 5.24. The molecule has 3 aromatic rings. The van der Waals surface area contributed by atoms with E-state index >= 15 is 0 Å². The molecule has 4 rings (SSSR count). The number of carbonyl (C=O) groups is 1. The number of carbonyl (C=O) groups excluding carboxylic acids is 1. The molecule has 0 radical (unpaired) electrons. The molecule has 0 saturated heterocycles. The number of methoxy groups -OCH3 is 2. The molecule has 8 heteroatoms. The van der Waals surface area contributed by atoms with Crippen LogP contribution in [0.4, 0.5) is 0 Å². The van der Waals surface area contributed by atoms with Crippen LogP contribution in [0.1, 0.15) is 37.1 Å². The maximum atomic E-state index is 12.6. The van der Waals surface area contributed by atoms with Gasteiger partial charge in [0.25, 0.3) is 0 Å². The highest BCUT2D eigenvalue weighted by atomic mass is 35.5. The Morgan fingerprint density at radius 2 is 2.03 bits per heavy atom. The standard InChI is InChI=1S/C21H20ClN3O4/c1-4-20(26)25-16(10-15(24-25)17-6-5-7-29-17)13-8-12-9-18(27-2)19(28-3)11-14(12)23-21(13)22/h5-9,11,16H,4,10H2,1-3H3/t16-/m1/s1. The highest BCUT2D eigenvalue weighted by molar-refractivity contribution is 6.30. The van der Waals surface area contributed by atoms with Crippen molar-refractivity contribution in [1.82, 2.24) is 9.99 Å². The van der Waals surface area contributed by atoms with Gasteiger partial charge in [-0.25, -0.2) is 9.99 Å². The van der Waals surface area contributed by atoms with Crippen LogP contribution in [0.15, 0.2) is 46.1 Å². The predicted molar refractivity (Wildman–Crippen MR) is 110 cm³/mol. The van der Waals surface area contributed by atoms with Crippen LogP contribution in [0, 0.1) is 0 Å². The Morgan fingerprint density at radius 1 is 1.28 bits per heavy atom. The van der Waals surface area contributed by atoms with Crippen molar-refractivity contribution in [2.24, 2.45) is 5.10 Å². The topological polar surface area (TPSA) is 77.2 Å². The van der Waals surface area contributed by atoms with Crippen LogP contribution < -0.4 is 9.47 Å². The van der Waals surface area contributed by atoms with Gasteiger partial charge in [-0.2, -0.15) is 5.10 Å². The molecule has 150 valence electrons. The summed E-state index contributed by atoms with van der Waals surface area (Å²) in [5, 5.41) is 7.15. The van der Waals surface area contributed by atoms with Gasteiger partial charge in [-0.3, -0.25) is 4.79 Å². The van der Waals surface area contributed by atoms with E-state index in [9.17, 15) is 4.79 Å². The number of furan rings is 1. The molecule has 0 spiro atoms. The molecule has 3 heterocycles. The van der Waals surface area contributed by atoms with Gasteiger partial charge in [-0.1, -0.05) is 18.5 Å². The minimum atomic E-state index is -0.361. The summed E-state index contributed by atoms with van der Waals surface area (Å²) in [6, 6.07) is 8.80. The predicted octanol–water partition coefficient (Wildman–Crippen LogP) is 4.59. The number of pyridine rings is 1. The number of fused-ring (bicyclic) bond motifs is 1. The first-order valence-electron chi connectivity index (χ1n) is 9.21. The largest absolute Gasteiger partial charge is 0.493 e. The zero-order valence-corrected chi connectivity index (χ0v) is 17.1. The second kappa shape index (κ2) is 7.75. The van der Waals surface area contributed by atoms with E-state index in [2.05, 4.69) is 10.1 Å². The lowest BCUT2D eigenvalue weighted by molar-refractivity contribution is -0.132. The fourth-order valence-electron chi connectivity index (χ4n) is 3.46. The van der Waals surface area contributed by atoms with Crippen molar-refractivity contribution >= 4 is 34.1 Å². The average Bonchev–Trinajstić information content (AvgIpc) is 3.41. The third kappa shape index (κ3) is 3.42. The Bertz CT molecular complexity index is 1090. The van der Waals surface area contributed by atoms with Crippen molar-refractivity contribution < 1.29 is 18.7 Å². The number of ether oxygens (including phenoxy) is 2. The van der Waals surface area contributed by atoms with Crippen molar-refractivity contribution in [3.05, 3.63) is 53.1 Å². The summed E-state index contributed by atoms with van der Waals surface area (Å²) in [7, 11) is 3.15. The Morgan fingerprint density at radius 3 is 2.69 bits per heavy atom. The monoisotopic (exact) mass is 413 g/mol. The van der Waals surface area contributed by atoms with Crippen LogP contribution in [0.25, 0.3) is 10.9 Å². The number of amides is 1. The minimum Gasteiger partial charge on any atom is -0.493 e. The number of halogens is 1. The SMILES string of the molecule is CCC(=O)N1N=C(c2ccco2)C[C@@H]1c1cc2cc(OC)c(OC)cc2nc1Cl. The lowest BCUT2D eigenvalue weighted by atomic mass is 10.0. The van der Waals surface area contributed by atoms with Crippen LogP contribution in [0.2, 0.25) is 5.15 Å². The van der Waals surface area contributed by atoms with Gasteiger partial charge in [-0.05, 0) is 24.3 Å². The van der Waals surface area contributed by atoms with Gasteiger partial charge in [0.05, 0.1) is 32.0 Å². The second-order valence-electron chi connectivity index (χ2n) is 6.60.